The number of rotatable bonds is 12. The Bertz CT molecular complexity index is 541. The summed E-state index contributed by atoms with van der Waals surface area (Å²) in [5, 5.41) is 147. The van der Waals surface area contributed by atoms with E-state index in [1.807, 2.05) is 0 Å². The Morgan fingerprint density at radius 3 is 1.20 bits per heavy atom. The van der Waals surface area contributed by atoms with Crippen molar-refractivity contribution in [2.45, 2.75) is 85.5 Å². The highest BCUT2D eigenvalue weighted by Crippen LogP contribution is 2.25. The largest absolute Gasteiger partial charge is 0.394 e. The van der Waals surface area contributed by atoms with Crippen LogP contribution in [-0.2, 0) is 4.74 Å². The van der Waals surface area contributed by atoms with Crippen molar-refractivity contribution in [2.24, 2.45) is 0 Å². The Morgan fingerprint density at radius 1 is 0.486 bits per heavy atom. The number of hydrogen-bond donors (Lipinski definition) is 16. The molecule has 0 aromatic rings. The molecule has 35 heavy (non-hydrogen) atoms. The smallest absolute Gasteiger partial charge is 0.115 e. The van der Waals surface area contributed by atoms with Gasteiger partial charge in [0, 0.05) is 0 Å². The SMILES string of the molecule is OCC(O)C(O)C(O)C(O)C(O)C1O[C@H](CO)[C@@H](O)[C@H](O)[C@H]1O.OCC(O)C(O)C(O)C(O)CO. The standard InChI is InChI=1S/C12H24O11.C6H14O6/c13-1-3(15)5(16)7(18)9(20)11(22)12-10(21)8(19)6(17)4(2-14)23-12;7-1-3(9)5(11)6(12)4(10)2-8/h3-22H,1-2H2;3-12H,1-2H2/t3?,4-,5?,6-,7?,8+,9?,10-,11?,12?;/m1./s1. The minimum absolute atomic E-state index is 0.726. The third kappa shape index (κ3) is 9.29. The number of aliphatic hydroxyl groups excluding tert-OH is 16. The van der Waals surface area contributed by atoms with Crippen LogP contribution in [0.25, 0.3) is 0 Å². The van der Waals surface area contributed by atoms with E-state index in [1.165, 1.54) is 0 Å². The molecular weight excluding hydrogens is 488 g/mol. The van der Waals surface area contributed by atoms with Crippen molar-refractivity contribution in [3.05, 3.63) is 0 Å². The maximum Gasteiger partial charge on any atom is 0.115 e. The maximum absolute atomic E-state index is 9.98. The van der Waals surface area contributed by atoms with Gasteiger partial charge in [0.05, 0.1) is 26.4 Å². The molecule has 1 heterocycles. The average molecular weight is 526 g/mol. The molecule has 0 radical (unpaired) electrons. The lowest BCUT2D eigenvalue weighted by Gasteiger charge is -2.43. The van der Waals surface area contributed by atoms with Gasteiger partial charge in [-0.3, -0.25) is 0 Å². The third-order valence-corrected chi connectivity index (χ3v) is 5.41. The van der Waals surface area contributed by atoms with Gasteiger partial charge in [-0.2, -0.15) is 0 Å². The molecule has 212 valence electrons. The van der Waals surface area contributed by atoms with Crippen LogP contribution >= 0.6 is 0 Å². The Morgan fingerprint density at radius 2 is 0.857 bits per heavy atom. The molecule has 16 N–H and O–H groups in total. The van der Waals surface area contributed by atoms with Gasteiger partial charge < -0.3 is 86.4 Å². The molecule has 0 bridgehead atoms. The van der Waals surface area contributed by atoms with Crippen LogP contribution in [0, 0.1) is 0 Å². The van der Waals surface area contributed by atoms with Crippen molar-refractivity contribution in [3.8, 4) is 0 Å². The van der Waals surface area contributed by atoms with E-state index in [-0.39, 0.29) is 0 Å². The summed E-state index contributed by atoms with van der Waals surface area (Å²) in [5.74, 6) is 0. The highest BCUT2D eigenvalue weighted by molar-refractivity contribution is 4.98. The Labute approximate surface area is 199 Å². The molecule has 0 aromatic heterocycles. The average Bonchev–Trinajstić information content (AvgIpc) is 2.88. The fourth-order valence-corrected chi connectivity index (χ4v) is 3.02. The molecule has 17 nitrogen and oxygen atoms in total. The van der Waals surface area contributed by atoms with Gasteiger partial charge in [0.25, 0.3) is 0 Å². The molecule has 10 unspecified atom stereocenters. The quantitative estimate of drug-likeness (QED) is 0.112. The van der Waals surface area contributed by atoms with Crippen LogP contribution < -0.4 is 0 Å². The molecule has 0 aromatic carbocycles. The second kappa shape index (κ2) is 16.2. The number of ether oxygens (including phenoxy) is 1. The summed E-state index contributed by atoms with van der Waals surface area (Å²) < 4.78 is 5.01. The Balaban J connectivity index is 0.000000814. The Kier molecular flexibility index (Phi) is 15.9. The lowest BCUT2D eigenvalue weighted by atomic mass is 9.88. The first-order chi connectivity index (χ1) is 16.2. The first-order valence-electron chi connectivity index (χ1n) is 10.5. The van der Waals surface area contributed by atoms with Crippen molar-refractivity contribution >= 4 is 0 Å². The van der Waals surface area contributed by atoms with Gasteiger partial charge in [0.2, 0.25) is 0 Å². The van der Waals surface area contributed by atoms with Crippen LogP contribution in [0.5, 0.6) is 0 Å². The summed E-state index contributed by atoms with van der Waals surface area (Å²) in [6.45, 7) is -3.12. The van der Waals surface area contributed by atoms with Crippen LogP contribution in [0.2, 0.25) is 0 Å². The summed E-state index contributed by atoms with van der Waals surface area (Å²) in [7, 11) is 0. The molecule has 1 rings (SSSR count). The normalized spacial score (nSPS) is 32.7. The maximum atomic E-state index is 9.98. The summed E-state index contributed by atoms with van der Waals surface area (Å²) in [6.07, 6.45) is -24.8. The lowest BCUT2D eigenvalue weighted by Crippen LogP contribution is -2.64. The molecule has 1 saturated heterocycles. The Hall–Kier alpha value is -0.680. The molecule has 17 heteroatoms. The van der Waals surface area contributed by atoms with Gasteiger partial charge in [-0.25, -0.2) is 0 Å². The van der Waals surface area contributed by atoms with Gasteiger partial charge in [0.15, 0.2) is 0 Å². The minimum atomic E-state index is -2.13. The molecule has 1 aliphatic rings. The molecular formula is C18H38O17. The molecule has 0 saturated carbocycles. The predicted molar refractivity (Wildman–Crippen MR) is 109 cm³/mol. The van der Waals surface area contributed by atoms with E-state index in [9.17, 15) is 40.9 Å². The molecule has 14 atom stereocenters. The molecule has 1 fully saturated rings. The topological polar surface area (TPSA) is 333 Å². The molecule has 1 aliphatic heterocycles. The van der Waals surface area contributed by atoms with Gasteiger partial charge in [0.1, 0.15) is 85.5 Å². The van der Waals surface area contributed by atoms with Crippen molar-refractivity contribution in [1.82, 2.24) is 0 Å². The van der Waals surface area contributed by atoms with E-state index in [4.69, 9.17) is 45.6 Å². The lowest BCUT2D eigenvalue weighted by molar-refractivity contribution is -0.264. The third-order valence-electron chi connectivity index (χ3n) is 5.41. The number of aliphatic hydroxyl groups is 16. The monoisotopic (exact) mass is 526 g/mol. The predicted octanol–water partition coefficient (Wildman–Crippen LogP) is -9.96. The van der Waals surface area contributed by atoms with Crippen LogP contribution in [0.3, 0.4) is 0 Å². The fourth-order valence-electron chi connectivity index (χ4n) is 3.02. The van der Waals surface area contributed by atoms with Crippen molar-refractivity contribution in [3.63, 3.8) is 0 Å². The number of hydrogen-bond acceptors (Lipinski definition) is 17. The van der Waals surface area contributed by atoms with Gasteiger partial charge in [-0.05, 0) is 0 Å². The highest BCUT2D eigenvalue weighted by atomic mass is 16.6. The van der Waals surface area contributed by atoms with E-state index in [0.717, 1.165) is 0 Å². The summed E-state index contributed by atoms with van der Waals surface area (Å²) in [4.78, 5) is 0. The van der Waals surface area contributed by atoms with Crippen molar-refractivity contribution in [1.29, 1.82) is 0 Å². The second-order valence-electron chi connectivity index (χ2n) is 7.99. The fraction of sp³-hybridized carbons (Fsp3) is 1.00. The van der Waals surface area contributed by atoms with Crippen LogP contribution in [0.4, 0.5) is 0 Å². The summed E-state index contributed by atoms with van der Waals surface area (Å²) in [5.41, 5.74) is 0. The van der Waals surface area contributed by atoms with E-state index in [0.29, 0.717) is 0 Å². The van der Waals surface area contributed by atoms with Crippen LogP contribution in [0.1, 0.15) is 0 Å². The zero-order valence-electron chi connectivity index (χ0n) is 18.5. The van der Waals surface area contributed by atoms with E-state index in [2.05, 4.69) is 0 Å². The van der Waals surface area contributed by atoms with Crippen LogP contribution in [-0.4, -0.2) is 194 Å². The first-order valence-corrected chi connectivity index (χ1v) is 10.5. The summed E-state index contributed by atoms with van der Waals surface area (Å²) in [6, 6.07) is 0. The minimum Gasteiger partial charge on any atom is -0.394 e. The van der Waals surface area contributed by atoms with Crippen molar-refractivity contribution < 1.29 is 86.4 Å². The molecule has 0 aliphatic carbocycles. The second-order valence-corrected chi connectivity index (χ2v) is 7.99. The van der Waals surface area contributed by atoms with Crippen molar-refractivity contribution in [2.75, 3.05) is 26.4 Å². The zero-order valence-corrected chi connectivity index (χ0v) is 18.5. The first kappa shape index (κ1) is 34.3. The van der Waals surface area contributed by atoms with Gasteiger partial charge in [-0.1, -0.05) is 0 Å². The van der Waals surface area contributed by atoms with E-state index >= 15 is 0 Å². The molecule has 0 amide bonds. The van der Waals surface area contributed by atoms with Gasteiger partial charge in [-0.15, -0.1) is 0 Å². The summed E-state index contributed by atoms with van der Waals surface area (Å²) >= 11 is 0. The zero-order chi connectivity index (χ0) is 27.6. The highest BCUT2D eigenvalue weighted by Gasteiger charge is 2.49. The molecule has 0 spiro atoms. The van der Waals surface area contributed by atoms with Crippen LogP contribution in [0.15, 0.2) is 0 Å². The van der Waals surface area contributed by atoms with Gasteiger partial charge >= 0.3 is 0 Å². The van der Waals surface area contributed by atoms with E-state index in [1.54, 1.807) is 0 Å². The van der Waals surface area contributed by atoms with E-state index < -0.39 is 112 Å².